The number of ether oxygens (including phenoxy) is 1. The zero-order valence-electron chi connectivity index (χ0n) is 24.9. The van der Waals surface area contributed by atoms with E-state index in [2.05, 4.69) is 26.4 Å². The van der Waals surface area contributed by atoms with E-state index in [4.69, 9.17) is 4.74 Å². The molecule has 0 saturated carbocycles. The molecule has 4 rings (SSSR count). The highest BCUT2D eigenvalue weighted by Gasteiger charge is 2.26. The van der Waals surface area contributed by atoms with E-state index in [0.717, 1.165) is 22.5 Å². The molecule has 3 aromatic rings. The Morgan fingerprint density at radius 1 is 1.05 bits per heavy atom. The molecule has 228 valence electrons. The smallest absolute Gasteiger partial charge is 0.255 e. The molecule has 43 heavy (non-hydrogen) atoms. The Kier molecular flexibility index (Phi) is 10.9. The minimum absolute atomic E-state index is 0.0387. The first-order valence-electron chi connectivity index (χ1n) is 14.6. The Balaban J connectivity index is 1.50. The average Bonchev–Trinajstić information content (AvgIpc) is 3.24. The van der Waals surface area contributed by atoms with Crippen LogP contribution in [0, 0.1) is 13.8 Å². The van der Waals surface area contributed by atoms with Gasteiger partial charge in [-0.25, -0.2) is 0 Å². The predicted molar refractivity (Wildman–Crippen MR) is 162 cm³/mol. The van der Waals surface area contributed by atoms with Crippen molar-refractivity contribution in [2.75, 3.05) is 19.7 Å². The number of aromatic nitrogens is 2. The molecule has 11 heteroatoms. The first-order valence-corrected chi connectivity index (χ1v) is 14.6. The summed E-state index contributed by atoms with van der Waals surface area (Å²) in [5.41, 5.74) is 4.16. The fraction of sp³-hybridized carbons (Fsp3) is 0.406. The van der Waals surface area contributed by atoms with Crippen molar-refractivity contribution < 1.29 is 23.9 Å². The third kappa shape index (κ3) is 8.67. The number of para-hydroxylation sites is 1. The van der Waals surface area contributed by atoms with Crippen LogP contribution in [0.1, 0.15) is 52.1 Å². The normalized spacial score (nSPS) is 18.4. The molecule has 0 spiro atoms. The largest absolute Gasteiger partial charge is 0.493 e. The van der Waals surface area contributed by atoms with Gasteiger partial charge < -0.3 is 26.0 Å². The van der Waals surface area contributed by atoms with Crippen molar-refractivity contribution in [1.82, 2.24) is 31.0 Å². The number of aryl methyl sites for hydroxylation is 2. The van der Waals surface area contributed by atoms with Gasteiger partial charge in [0.05, 0.1) is 17.9 Å². The third-order valence-corrected chi connectivity index (χ3v) is 7.56. The van der Waals surface area contributed by atoms with E-state index >= 15 is 0 Å². The molecule has 4 amide bonds. The van der Waals surface area contributed by atoms with E-state index in [9.17, 15) is 19.2 Å². The maximum absolute atomic E-state index is 13.4. The highest BCUT2D eigenvalue weighted by Crippen LogP contribution is 2.19. The van der Waals surface area contributed by atoms with E-state index < -0.39 is 23.9 Å². The number of carbonyl (C=O) groups excluding carboxylic acids is 4. The molecule has 0 unspecified atom stereocenters. The van der Waals surface area contributed by atoms with E-state index in [0.29, 0.717) is 38.1 Å². The Morgan fingerprint density at radius 2 is 1.79 bits per heavy atom. The molecule has 2 atom stereocenters. The monoisotopic (exact) mass is 588 g/mol. The van der Waals surface area contributed by atoms with Crippen LogP contribution in [0.25, 0.3) is 0 Å². The van der Waals surface area contributed by atoms with E-state index in [-0.39, 0.29) is 36.8 Å². The van der Waals surface area contributed by atoms with Crippen LogP contribution in [0.4, 0.5) is 0 Å². The lowest BCUT2D eigenvalue weighted by Crippen LogP contribution is -2.50. The number of hydrogen-bond acceptors (Lipinski definition) is 6. The minimum Gasteiger partial charge on any atom is -0.493 e. The molecule has 1 aliphatic rings. The molecular weight excluding hydrogens is 548 g/mol. The third-order valence-electron chi connectivity index (χ3n) is 7.56. The van der Waals surface area contributed by atoms with Crippen LogP contribution in [0.15, 0.2) is 54.6 Å². The first kappa shape index (κ1) is 31.3. The van der Waals surface area contributed by atoms with Crippen molar-refractivity contribution >= 4 is 23.6 Å². The van der Waals surface area contributed by atoms with Gasteiger partial charge in [-0.15, -0.1) is 0 Å². The fourth-order valence-electron chi connectivity index (χ4n) is 5.09. The van der Waals surface area contributed by atoms with Crippen molar-refractivity contribution in [3.05, 3.63) is 82.7 Å². The topological polar surface area (TPSA) is 143 Å². The van der Waals surface area contributed by atoms with Gasteiger partial charge in [-0.1, -0.05) is 42.5 Å². The summed E-state index contributed by atoms with van der Waals surface area (Å²) in [5, 5.41) is 15.8. The van der Waals surface area contributed by atoms with Crippen LogP contribution in [-0.2, 0) is 34.3 Å². The second-order valence-corrected chi connectivity index (χ2v) is 10.7. The zero-order chi connectivity index (χ0) is 30.8. The lowest BCUT2D eigenvalue weighted by atomic mass is 10.0. The van der Waals surface area contributed by atoms with E-state index in [1.165, 1.54) is 0 Å². The number of amides is 4. The van der Waals surface area contributed by atoms with E-state index in [1.807, 2.05) is 51.2 Å². The van der Waals surface area contributed by atoms with Gasteiger partial charge in [0.1, 0.15) is 17.8 Å². The molecule has 0 aliphatic carbocycles. The number of rotatable bonds is 6. The van der Waals surface area contributed by atoms with Crippen LogP contribution < -0.4 is 26.0 Å². The van der Waals surface area contributed by atoms with Crippen molar-refractivity contribution in [3.63, 3.8) is 0 Å². The van der Waals surface area contributed by atoms with Gasteiger partial charge in [0, 0.05) is 38.7 Å². The molecule has 0 radical (unpaired) electrons. The molecule has 11 nitrogen and oxygen atoms in total. The van der Waals surface area contributed by atoms with Gasteiger partial charge >= 0.3 is 0 Å². The predicted octanol–water partition coefficient (Wildman–Crippen LogP) is 1.90. The molecule has 1 aromatic heterocycles. The van der Waals surface area contributed by atoms with Crippen LogP contribution in [0.5, 0.6) is 5.75 Å². The Labute approximate surface area is 251 Å². The summed E-state index contributed by atoms with van der Waals surface area (Å²) in [7, 11) is 1.87. The second-order valence-electron chi connectivity index (χ2n) is 10.7. The molecule has 0 fully saturated rings. The Morgan fingerprint density at radius 3 is 2.53 bits per heavy atom. The van der Waals surface area contributed by atoms with Crippen LogP contribution >= 0.6 is 0 Å². The highest BCUT2D eigenvalue weighted by atomic mass is 16.5. The standard InChI is InChI=1S/C32H40N6O5/c1-21-24(22(2)38(3)37-21)16-18-34-31(41)26-14-15-29(39)35-27(20-23-10-5-4-6-11-23)32(42)33-17-9-19-43-28-13-8-7-12-25(28)30(40)36-26/h4-8,10-13,26-27H,9,14-20H2,1-3H3,(H,33,42)(H,34,41)(H,35,39)(H,36,40)/t26-,27-/m0/s1. The lowest BCUT2D eigenvalue weighted by Gasteiger charge is -2.22. The molecule has 2 aromatic carbocycles. The summed E-state index contributed by atoms with van der Waals surface area (Å²) in [6.45, 7) is 4.84. The average molecular weight is 589 g/mol. The summed E-state index contributed by atoms with van der Waals surface area (Å²) in [5.74, 6) is -1.19. The van der Waals surface area contributed by atoms with Gasteiger partial charge in [0.15, 0.2) is 0 Å². The number of nitrogens with zero attached hydrogens (tertiary/aromatic N) is 2. The second kappa shape index (κ2) is 15.0. The quantitative estimate of drug-likeness (QED) is 0.346. The van der Waals surface area contributed by atoms with Gasteiger partial charge in [-0.3, -0.25) is 23.9 Å². The van der Waals surface area contributed by atoms with Crippen LogP contribution in [0.2, 0.25) is 0 Å². The summed E-state index contributed by atoms with van der Waals surface area (Å²) >= 11 is 0. The molecule has 0 saturated heterocycles. The summed E-state index contributed by atoms with van der Waals surface area (Å²) in [6.07, 6.45) is 1.35. The number of hydrogen-bond donors (Lipinski definition) is 4. The first-order chi connectivity index (χ1) is 20.7. The van der Waals surface area contributed by atoms with Gasteiger partial charge in [0.2, 0.25) is 17.7 Å². The summed E-state index contributed by atoms with van der Waals surface area (Å²) < 4.78 is 7.68. The molecule has 0 bridgehead atoms. The number of nitrogens with one attached hydrogen (secondary N) is 4. The molecule has 4 N–H and O–H groups in total. The number of carbonyl (C=O) groups is 4. The van der Waals surface area contributed by atoms with Crippen molar-refractivity contribution in [3.8, 4) is 5.75 Å². The summed E-state index contributed by atoms with van der Waals surface area (Å²) in [4.78, 5) is 52.8. The zero-order valence-corrected chi connectivity index (χ0v) is 24.9. The van der Waals surface area contributed by atoms with Gasteiger partial charge in [-0.05, 0) is 56.4 Å². The van der Waals surface area contributed by atoms with Crippen LogP contribution in [-0.4, -0.2) is 65.2 Å². The Hall–Kier alpha value is -4.67. The maximum atomic E-state index is 13.4. The number of benzene rings is 2. The molecule has 1 aliphatic heterocycles. The fourth-order valence-corrected chi connectivity index (χ4v) is 5.09. The minimum atomic E-state index is -0.989. The number of fused-ring (bicyclic) bond motifs is 1. The van der Waals surface area contributed by atoms with Crippen LogP contribution in [0.3, 0.4) is 0 Å². The van der Waals surface area contributed by atoms with Gasteiger partial charge in [0.25, 0.3) is 5.91 Å². The molecular formula is C32H40N6O5. The molecule has 2 heterocycles. The van der Waals surface area contributed by atoms with Crippen molar-refractivity contribution in [2.45, 2.75) is 58.0 Å². The van der Waals surface area contributed by atoms with Crippen molar-refractivity contribution in [1.29, 1.82) is 0 Å². The Bertz CT molecular complexity index is 1440. The lowest BCUT2D eigenvalue weighted by molar-refractivity contribution is -0.129. The maximum Gasteiger partial charge on any atom is 0.255 e. The van der Waals surface area contributed by atoms with Gasteiger partial charge in [-0.2, -0.15) is 5.10 Å². The SMILES string of the molecule is Cc1nn(C)c(C)c1CCNC(=O)[C@@H]1CCC(=O)N[C@@H](Cc2ccccc2)C(=O)NCCCOc2ccccc2C(=O)N1. The van der Waals surface area contributed by atoms with Crippen molar-refractivity contribution in [2.24, 2.45) is 7.05 Å². The van der Waals surface area contributed by atoms with E-state index in [1.54, 1.807) is 28.9 Å². The summed E-state index contributed by atoms with van der Waals surface area (Å²) in [6, 6.07) is 14.4. The highest BCUT2D eigenvalue weighted by molar-refractivity contribution is 5.99.